The maximum Gasteiger partial charge on any atom is 0.335 e. The van der Waals surface area contributed by atoms with Gasteiger partial charge in [0.05, 0.1) is 18.7 Å². The quantitative estimate of drug-likeness (QED) is 0.224. The lowest BCUT2D eigenvalue weighted by Gasteiger charge is -2.03. The van der Waals surface area contributed by atoms with E-state index in [1.54, 1.807) is 58.5 Å². The van der Waals surface area contributed by atoms with Crippen molar-refractivity contribution in [2.45, 2.75) is 13.1 Å². The van der Waals surface area contributed by atoms with Crippen molar-refractivity contribution in [2.75, 3.05) is 11.1 Å². The number of aromatic nitrogens is 6. The molecule has 0 atom stereocenters. The highest BCUT2D eigenvalue weighted by Crippen LogP contribution is 2.10. The predicted molar refractivity (Wildman–Crippen MR) is 163 cm³/mol. The third kappa shape index (κ3) is 10.5. The zero-order chi connectivity index (χ0) is 32.0. The van der Waals surface area contributed by atoms with Crippen LogP contribution in [0.2, 0.25) is 0 Å². The third-order valence-corrected chi connectivity index (χ3v) is 5.89. The van der Waals surface area contributed by atoms with Crippen LogP contribution < -0.4 is 11.1 Å². The summed E-state index contributed by atoms with van der Waals surface area (Å²) in [5, 5.41) is 19.3. The van der Waals surface area contributed by atoms with Crippen LogP contribution in [0.3, 0.4) is 0 Å². The number of rotatable bonds is 7. The molecule has 45 heavy (non-hydrogen) atoms. The van der Waals surface area contributed by atoms with Crippen LogP contribution in [-0.2, 0) is 13.1 Å². The van der Waals surface area contributed by atoms with Gasteiger partial charge in [0.1, 0.15) is 17.5 Å². The van der Waals surface area contributed by atoms with Crippen LogP contribution in [0.1, 0.15) is 31.8 Å². The SMILES string of the molecule is Nc1ccn(Cc2ccncc2)n1.O=C(Nc1ccn(Cc2ccncc2)n1)c1cccc(F)c1.O=C(O)c1cccc(F)c1. The molecule has 1 amide bonds. The lowest BCUT2D eigenvalue weighted by molar-refractivity contribution is 0.0696. The van der Waals surface area contributed by atoms with Crippen LogP contribution in [0, 0.1) is 11.6 Å². The minimum Gasteiger partial charge on any atom is -0.478 e. The van der Waals surface area contributed by atoms with Gasteiger partial charge in [0.15, 0.2) is 5.82 Å². The van der Waals surface area contributed by atoms with Crippen molar-refractivity contribution in [1.29, 1.82) is 0 Å². The molecule has 4 N–H and O–H groups in total. The van der Waals surface area contributed by atoms with Crippen molar-refractivity contribution < 1.29 is 23.5 Å². The van der Waals surface area contributed by atoms with Crippen molar-refractivity contribution in [3.8, 4) is 0 Å². The molecule has 0 aliphatic heterocycles. The van der Waals surface area contributed by atoms with Crippen molar-refractivity contribution >= 4 is 23.5 Å². The Kier molecular flexibility index (Phi) is 11.2. The summed E-state index contributed by atoms with van der Waals surface area (Å²) in [6.07, 6.45) is 10.6. The van der Waals surface area contributed by atoms with Crippen molar-refractivity contribution in [3.05, 3.63) is 156 Å². The lowest BCUT2D eigenvalue weighted by Crippen LogP contribution is -2.13. The van der Waals surface area contributed by atoms with Gasteiger partial charge in [-0.2, -0.15) is 10.2 Å². The zero-order valence-corrected chi connectivity index (χ0v) is 23.7. The Bertz CT molecular complexity index is 1830. The van der Waals surface area contributed by atoms with E-state index in [9.17, 15) is 18.4 Å². The number of aromatic carboxylic acids is 1. The molecule has 6 rings (SSSR count). The molecule has 0 fully saturated rings. The Morgan fingerprint density at radius 2 is 1.22 bits per heavy atom. The number of nitrogens with zero attached hydrogens (tertiary/aromatic N) is 6. The molecule has 0 spiro atoms. The van der Waals surface area contributed by atoms with E-state index < -0.39 is 23.5 Å². The lowest BCUT2D eigenvalue weighted by atomic mass is 10.2. The van der Waals surface area contributed by atoms with E-state index >= 15 is 0 Å². The fourth-order valence-electron chi connectivity index (χ4n) is 3.77. The number of carboxylic acids is 1. The van der Waals surface area contributed by atoms with E-state index in [4.69, 9.17) is 10.8 Å². The summed E-state index contributed by atoms with van der Waals surface area (Å²) in [5.41, 5.74) is 7.94. The number of amides is 1. The first kappa shape index (κ1) is 31.7. The molecule has 4 aromatic heterocycles. The number of carboxylic acid groups (broad SMARTS) is 1. The summed E-state index contributed by atoms with van der Waals surface area (Å²) in [7, 11) is 0. The van der Waals surface area contributed by atoms with E-state index in [-0.39, 0.29) is 11.1 Å². The molecule has 0 saturated heterocycles. The topological polar surface area (TPSA) is 154 Å². The van der Waals surface area contributed by atoms with Gasteiger partial charge in [0, 0.05) is 48.8 Å². The first-order valence-corrected chi connectivity index (χ1v) is 13.4. The summed E-state index contributed by atoms with van der Waals surface area (Å²) in [4.78, 5) is 30.1. The molecular weight excluding hydrogens is 582 g/mol. The second-order valence-electron chi connectivity index (χ2n) is 9.33. The smallest absolute Gasteiger partial charge is 0.335 e. The largest absolute Gasteiger partial charge is 0.478 e. The van der Waals surface area contributed by atoms with Crippen molar-refractivity contribution in [2.24, 2.45) is 0 Å². The first-order valence-electron chi connectivity index (χ1n) is 13.4. The number of nitrogen functional groups attached to an aromatic ring is 1. The molecule has 228 valence electrons. The molecule has 0 radical (unpaired) electrons. The maximum absolute atomic E-state index is 13.1. The molecule has 0 aliphatic rings. The number of nitrogens with two attached hydrogens (primary N) is 1. The number of carbonyl (C=O) groups excluding carboxylic acids is 1. The van der Waals surface area contributed by atoms with E-state index in [0.717, 1.165) is 23.7 Å². The molecule has 0 bridgehead atoms. The van der Waals surface area contributed by atoms with Crippen LogP contribution in [0.4, 0.5) is 20.4 Å². The molecule has 0 aliphatic carbocycles. The van der Waals surface area contributed by atoms with Gasteiger partial charge in [-0.15, -0.1) is 0 Å². The normalized spacial score (nSPS) is 10.1. The predicted octanol–water partition coefficient (Wildman–Crippen LogP) is 5.15. The number of anilines is 2. The van der Waals surface area contributed by atoms with Gasteiger partial charge in [-0.25, -0.2) is 13.6 Å². The van der Waals surface area contributed by atoms with Gasteiger partial charge >= 0.3 is 5.97 Å². The number of benzene rings is 2. The molecule has 0 unspecified atom stereocenters. The van der Waals surface area contributed by atoms with Gasteiger partial charge in [0.2, 0.25) is 0 Å². The second-order valence-corrected chi connectivity index (χ2v) is 9.33. The van der Waals surface area contributed by atoms with Gasteiger partial charge < -0.3 is 16.2 Å². The minimum absolute atomic E-state index is 0.0278. The third-order valence-electron chi connectivity index (χ3n) is 5.89. The fourth-order valence-corrected chi connectivity index (χ4v) is 3.77. The molecule has 11 nitrogen and oxygen atoms in total. The summed E-state index contributed by atoms with van der Waals surface area (Å²) in [6.45, 7) is 1.32. The van der Waals surface area contributed by atoms with Gasteiger partial charge in [-0.1, -0.05) is 12.1 Å². The monoisotopic (exact) mass is 610 g/mol. The highest BCUT2D eigenvalue weighted by atomic mass is 19.1. The summed E-state index contributed by atoms with van der Waals surface area (Å²) in [6, 6.07) is 21.6. The number of pyridine rings is 2. The Labute approximate surface area is 256 Å². The van der Waals surface area contributed by atoms with E-state index in [1.807, 2.05) is 30.5 Å². The molecule has 0 saturated carbocycles. The van der Waals surface area contributed by atoms with Crippen molar-refractivity contribution in [1.82, 2.24) is 29.5 Å². The molecular formula is C32H28F2N8O3. The molecule has 6 aromatic rings. The summed E-state index contributed by atoms with van der Waals surface area (Å²) < 4.78 is 28.9. The van der Waals surface area contributed by atoms with E-state index in [1.165, 1.54) is 36.4 Å². The Morgan fingerprint density at radius 3 is 1.71 bits per heavy atom. The van der Waals surface area contributed by atoms with Crippen LogP contribution in [0.15, 0.2) is 122 Å². The number of hydrogen-bond donors (Lipinski definition) is 3. The first-order chi connectivity index (χ1) is 21.7. The standard InChI is InChI=1S/C16H13FN4O.C9H10N4.C7H5FO2/c17-14-3-1-2-13(10-14)16(22)19-15-6-9-21(20-15)11-12-4-7-18-8-5-12;10-9-3-6-13(12-9)7-8-1-4-11-5-2-8;8-6-3-1-2-5(4-6)7(9)10/h1-10H,11H2,(H,19,20,22);1-6H,7H2,(H2,10,12);1-4H,(H,9,10). The van der Waals surface area contributed by atoms with Crippen LogP contribution >= 0.6 is 0 Å². The van der Waals surface area contributed by atoms with E-state index in [0.29, 0.717) is 18.2 Å². The van der Waals surface area contributed by atoms with Gasteiger partial charge in [-0.05, 0) is 77.9 Å². The Hall–Kier alpha value is -6.24. The molecule has 13 heteroatoms. The summed E-state index contributed by atoms with van der Waals surface area (Å²) in [5.74, 6) is -1.51. The average Bonchev–Trinajstić information content (AvgIpc) is 3.66. The maximum atomic E-state index is 13.1. The Morgan fingerprint density at radius 1 is 0.711 bits per heavy atom. The number of halogens is 2. The fraction of sp³-hybridized carbons (Fsp3) is 0.0625. The molecule has 2 aromatic carbocycles. The van der Waals surface area contributed by atoms with Crippen molar-refractivity contribution in [3.63, 3.8) is 0 Å². The number of hydrogen-bond acceptors (Lipinski definition) is 7. The van der Waals surface area contributed by atoms with E-state index in [2.05, 4.69) is 25.5 Å². The zero-order valence-electron chi connectivity index (χ0n) is 23.7. The average molecular weight is 611 g/mol. The summed E-state index contributed by atoms with van der Waals surface area (Å²) >= 11 is 0. The number of nitrogens with one attached hydrogen (secondary N) is 1. The number of carbonyl (C=O) groups is 2. The minimum atomic E-state index is -1.11. The van der Waals surface area contributed by atoms with Crippen LogP contribution in [0.25, 0.3) is 0 Å². The Balaban J connectivity index is 0.000000170. The van der Waals surface area contributed by atoms with Crippen LogP contribution in [-0.4, -0.2) is 46.5 Å². The van der Waals surface area contributed by atoms with Gasteiger partial charge in [0.25, 0.3) is 5.91 Å². The van der Waals surface area contributed by atoms with Crippen LogP contribution in [0.5, 0.6) is 0 Å². The van der Waals surface area contributed by atoms with Gasteiger partial charge in [-0.3, -0.25) is 24.1 Å². The highest BCUT2D eigenvalue weighted by molar-refractivity contribution is 6.03. The second kappa shape index (κ2) is 15.8. The highest BCUT2D eigenvalue weighted by Gasteiger charge is 2.09. The molecule has 4 heterocycles.